The number of nitrogens with zero attached hydrogens (tertiary/aromatic N) is 1. The maximum Gasteiger partial charge on any atom is 0.414 e. The number of hydrogen-bond acceptors (Lipinski definition) is 6. The summed E-state index contributed by atoms with van der Waals surface area (Å²) in [6.07, 6.45) is 1.30. The molecular formula is C13H26N2O6. The highest BCUT2D eigenvalue weighted by Gasteiger charge is 2.05. The third-order valence-electron chi connectivity index (χ3n) is 2.22. The topological polar surface area (TPSA) is 128 Å². The summed E-state index contributed by atoms with van der Waals surface area (Å²) in [5.41, 5.74) is 1.03. The van der Waals surface area contributed by atoms with E-state index in [1.807, 2.05) is 27.7 Å². The van der Waals surface area contributed by atoms with Gasteiger partial charge in [-0.1, -0.05) is 32.9 Å². The number of carboxylic acid groups (broad SMARTS) is 2. The fourth-order valence-corrected chi connectivity index (χ4v) is 1.02. The first-order chi connectivity index (χ1) is 9.74. The number of oxime groups is 1. The maximum atomic E-state index is 9.50. The average Bonchev–Trinajstić information content (AvgIpc) is 2.42. The number of aliphatic carboxylic acids is 2. The summed E-state index contributed by atoms with van der Waals surface area (Å²) >= 11 is 0. The van der Waals surface area contributed by atoms with Crippen molar-refractivity contribution in [3.8, 4) is 0 Å². The monoisotopic (exact) mass is 306 g/mol. The van der Waals surface area contributed by atoms with E-state index in [-0.39, 0.29) is 6.61 Å². The molecule has 0 fully saturated rings. The fraction of sp³-hybridized carbons (Fsp3) is 0.769. The average molecular weight is 306 g/mol. The van der Waals surface area contributed by atoms with Gasteiger partial charge in [-0.3, -0.25) is 0 Å². The normalized spacial score (nSPS) is 11.1. The lowest BCUT2D eigenvalue weighted by Crippen LogP contribution is -2.34. The number of carboxylic acids is 2. The number of rotatable bonds is 8. The Balaban J connectivity index is 0. The Morgan fingerprint density at radius 3 is 1.95 bits per heavy atom. The molecule has 0 aromatic rings. The smallest absolute Gasteiger partial charge is 0.414 e. The van der Waals surface area contributed by atoms with Gasteiger partial charge in [-0.15, -0.1) is 0 Å². The molecule has 0 aliphatic rings. The van der Waals surface area contributed by atoms with Gasteiger partial charge in [0.25, 0.3) is 0 Å². The molecule has 0 radical (unpaired) electrons. The number of carbonyl (C=O) groups is 2. The van der Waals surface area contributed by atoms with Crippen LogP contribution in [0.3, 0.4) is 0 Å². The van der Waals surface area contributed by atoms with E-state index in [0.717, 1.165) is 18.6 Å². The molecule has 0 rings (SSSR count). The Morgan fingerprint density at radius 1 is 1.14 bits per heavy atom. The number of nitrogens with one attached hydrogen (secondary N) is 1. The minimum Gasteiger partial charge on any atom is -0.473 e. The maximum absolute atomic E-state index is 9.50. The standard InChI is InChI=1S/C11H24N2O2.C2H2O4/c1-5-10(6-2)13-15-8-11(14)7-12-9(3)4;3-1(4)2(5)6/h9,11-12,14H,5-8H2,1-4H3;(H,3,4)(H,5,6). The molecule has 1 unspecified atom stereocenters. The Bertz CT molecular complexity index is 313. The van der Waals surface area contributed by atoms with E-state index in [2.05, 4.69) is 10.5 Å². The van der Waals surface area contributed by atoms with Crippen LogP contribution >= 0.6 is 0 Å². The van der Waals surface area contributed by atoms with Crippen LogP contribution in [-0.2, 0) is 14.4 Å². The second kappa shape index (κ2) is 13.3. The van der Waals surface area contributed by atoms with Crippen LogP contribution in [0.4, 0.5) is 0 Å². The largest absolute Gasteiger partial charge is 0.473 e. The molecule has 0 saturated heterocycles. The van der Waals surface area contributed by atoms with Crippen molar-refractivity contribution in [2.45, 2.75) is 52.7 Å². The summed E-state index contributed by atoms with van der Waals surface area (Å²) in [7, 11) is 0. The van der Waals surface area contributed by atoms with Crippen LogP contribution < -0.4 is 5.32 Å². The molecule has 8 heteroatoms. The minimum absolute atomic E-state index is 0.253. The van der Waals surface area contributed by atoms with Crippen molar-refractivity contribution in [2.75, 3.05) is 13.2 Å². The zero-order chi connectivity index (χ0) is 16.8. The van der Waals surface area contributed by atoms with Crippen molar-refractivity contribution in [1.29, 1.82) is 0 Å². The summed E-state index contributed by atoms with van der Waals surface area (Å²) < 4.78 is 0. The third kappa shape index (κ3) is 16.3. The van der Waals surface area contributed by atoms with Crippen LogP contribution in [0.1, 0.15) is 40.5 Å². The minimum atomic E-state index is -1.82. The predicted octanol–water partition coefficient (Wildman–Crippen LogP) is 0.694. The van der Waals surface area contributed by atoms with Gasteiger partial charge in [-0.2, -0.15) is 0 Å². The van der Waals surface area contributed by atoms with E-state index < -0.39 is 18.0 Å². The highest BCUT2D eigenvalue weighted by atomic mass is 16.6. The van der Waals surface area contributed by atoms with Gasteiger partial charge in [0.05, 0.1) is 5.71 Å². The van der Waals surface area contributed by atoms with Gasteiger partial charge in [0.1, 0.15) is 12.7 Å². The molecule has 124 valence electrons. The summed E-state index contributed by atoms with van der Waals surface area (Å²) in [5.74, 6) is -3.65. The van der Waals surface area contributed by atoms with Crippen LogP contribution in [-0.4, -0.2) is 58.3 Å². The highest BCUT2D eigenvalue weighted by molar-refractivity contribution is 6.27. The molecule has 1 atom stereocenters. The van der Waals surface area contributed by atoms with Gasteiger partial charge >= 0.3 is 11.9 Å². The number of hydrogen-bond donors (Lipinski definition) is 4. The van der Waals surface area contributed by atoms with Gasteiger partial charge < -0.3 is 25.5 Å². The molecule has 0 aliphatic carbocycles. The van der Waals surface area contributed by atoms with Crippen molar-refractivity contribution >= 4 is 17.7 Å². The van der Waals surface area contributed by atoms with E-state index in [1.165, 1.54) is 0 Å². The van der Waals surface area contributed by atoms with Gasteiger partial charge in [-0.25, -0.2) is 9.59 Å². The zero-order valence-corrected chi connectivity index (χ0v) is 13.0. The van der Waals surface area contributed by atoms with Crippen molar-refractivity contribution in [3.05, 3.63) is 0 Å². The summed E-state index contributed by atoms with van der Waals surface area (Å²) in [6, 6.07) is 0.380. The van der Waals surface area contributed by atoms with Gasteiger partial charge in [0.2, 0.25) is 0 Å². The first-order valence-corrected chi connectivity index (χ1v) is 6.79. The first kappa shape index (κ1) is 21.6. The second-order valence-electron chi connectivity index (χ2n) is 4.49. The van der Waals surface area contributed by atoms with Crippen LogP contribution in [0.5, 0.6) is 0 Å². The third-order valence-corrected chi connectivity index (χ3v) is 2.22. The molecule has 0 aromatic heterocycles. The molecule has 0 bridgehead atoms. The molecule has 0 aromatic carbocycles. The van der Waals surface area contributed by atoms with E-state index >= 15 is 0 Å². The zero-order valence-electron chi connectivity index (χ0n) is 13.0. The van der Waals surface area contributed by atoms with Crippen LogP contribution in [0.25, 0.3) is 0 Å². The molecule has 8 nitrogen and oxygen atoms in total. The van der Waals surface area contributed by atoms with Crippen molar-refractivity contribution in [2.24, 2.45) is 5.16 Å². The van der Waals surface area contributed by atoms with E-state index in [1.54, 1.807) is 0 Å². The Morgan fingerprint density at radius 2 is 1.62 bits per heavy atom. The summed E-state index contributed by atoms with van der Waals surface area (Å²) in [5, 5.41) is 31.4. The van der Waals surface area contributed by atoms with E-state index in [4.69, 9.17) is 24.6 Å². The van der Waals surface area contributed by atoms with E-state index in [9.17, 15) is 5.11 Å². The lowest BCUT2D eigenvalue weighted by Gasteiger charge is -2.13. The summed E-state index contributed by atoms with van der Waals surface area (Å²) in [6.45, 7) is 8.96. The van der Waals surface area contributed by atoms with Crippen LogP contribution in [0.15, 0.2) is 5.16 Å². The van der Waals surface area contributed by atoms with Crippen LogP contribution in [0.2, 0.25) is 0 Å². The van der Waals surface area contributed by atoms with Crippen molar-refractivity contribution in [3.63, 3.8) is 0 Å². The first-order valence-electron chi connectivity index (χ1n) is 6.79. The Hall–Kier alpha value is -1.67. The molecule has 0 spiro atoms. The predicted molar refractivity (Wildman–Crippen MR) is 78.4 cm³/mol. The SMILES string of the molecule is CCC(CC)=NOCC(O)CNC(C)C.O=C(O)C(=O)O. The summed E-state index contributed by atoms with van der Waals surface area (Å²) in [4.78, 5) is 23.3. The molecule has 0 amide bonds. The number of aliphatic hydroxyl groups is 1. The lowest BCUT2D eigenvalue weighted by atomic mass is 10.2. The van der Waals surface area contributed by atoms with Gasteiger partial charge in [0.15, 0.2) is 0 Å². The van der Waals surface area contributed by atoms with Gasteiger partial charge in [0, 0.05) is 12.6 Å². The fourth-order valence-electron chi connectivity index (χ4n) is 1.02. The number of aliphatic hydroxyl groups excluding tert-OH is 1. The molecule has 4 N–H and O–H groups in total. The molecule has 0 saturated carbocycles. The van der Waals surface area contributed by atoms with Crippen molar-refractivity contribution in [1.82, 2.24) is 5.32 Å². The Kier molecular flexibility index (Phi) is 13.7. The molecule has 0 heterocycles. The Labute approximate surface area is 124 Å². The quantitative estimate of drug-likeness (QED) is 0.295. The molecule has 0 aliphatic heterocycles. The molecule has 21 heavy (non-hydrogen) atoms. The second-order valence-corrected chi connectivity index (χ2v) is 4.49. The van der Waals surface area contributed by atoms with Crippen molar-refractivity contribution < 1.29 is 29.7 Å². The van der Waals surface area contributed by atoms with Gasteiger partial charge in [-0.05, 0) is 12.8 Å². The van der Waals surface area contributed by atoms with Crippen LogP contribution in [0, 0.1) is 0 Å². The lowest BCUT2D eigenvalue weighted by molar-refractivity contribution is -0.159. The molecular weight excluding hydrogens is 280 g/mol. The highest BCUT2D eigenvalue weighted by Crippen LogP contribution is 1.94. The van der Waals surface area contributed by atoms with E-state index in [0.29, 0.717) is 12.6 Å².